The van der Waals surface area contributed by atoms with Crippen LogP contribution in [0.3, 0.4) is 0 Å². The molecule has 0 nitrogen and oxygen atoms in total. The molecule has 0 radical (unpaired) electrons. The highest BCUT2D eigenvalue weighted by Crippen LogP contribution is 2.23. The van der Waals surface area contributed by atoms with E-state index in [1.54, 1.807) is 0 Å². The first kappa shape index (κ1) is 10.9. The maximum absolute atomic E-state index is 3.54. The average molecular weight is 388 g/mol. The Balaban J connectivity index is 3.58. The molecule has 0 saturated carbocycles. The zero-order valence-corrected chi connectivity index (χ0v) is 11.3. The van der Waals surface area contributed by atoms with Crippen LogP contribution in [0, 0.1) is 0 Å². The normalized spacial score (nSPS) is 21.0. The lowest BCUT2D eigenvalue weighted by Crippen LogP contribution is -2.22. The summed E-state index contributed by atoms with van der Waals surface area (Å²) in [4.78, 5) is 1.48. The van der Waals surface area contributed by atoms with Crippen LogP contribution in [0.2, 0.25) is 0 Å². The van der Waals surface area contributed by atoms with Gasteiger partial charge in [0.05, 0.1) is 0 Å². The maximum Gasteiger partial charge on any atom is 0.0401 e. The minimum atomic E-state index is 0.483. The molecule has 0 saturated heterocycles. The summed E-state index contributed by atoms with van der Waals surface area (Å²) >= 11 is 13.9. The fourth-order valence-electron chi connectivity index (χ4n) is 0.373. The van der Waals surface area contributed by atoms with Gasteiger partial charge in [0.25, 0.3) is 0 Å². The summed E-state index contributed by atoms with van der Waals surface area (Å²) in [6, 6.07) is 0. The van der Waals surface area contributed by atoms with Gasteiger partial charge in [-0.25, -0.2) is 0 Å². The monoisotopic (exact) mass is 384 g/mol. The van der Waals surface area contributed by atoms with Crippen molar-refractivity contribution < 1.29 is 0 Å². The van der Waals surface area contributed by atoms with Crippen LogP contribution >= 0.6 is 63.7 Å². The van der Waals surface area contributed by atoms with Crippen LogP contribution in [0.15, 0.2) is 0 Å². The average Bonchev–Trinajstić information content (AvgIpc) is 1.84. The lowest BCUT2D eigenvalue weighted by Gasteiger charge is -2.15. The Hall–Kier alpha value is 1.92. The van der Waals surface area contributed by atoms with E-state index in [1.165, 1.54) is 0 Å². The van der Waals surface area contributed by atoms with Gasteiger partial charge in [0.15, 0.2) is 0 Å². The van der Waals surface area contributed by atoms with Crippen LogP contribution in [0.5, 0.6) is 0 Å². The number of hydrogen-bond donors (Lipinski definition) is 0. The number of rotatable bonds is 3. The van der Waals surface area contributed by atoms with E-state index in [4.69, 9.17) is 0 Å². The zero-order chi connectivity index (χ0) is 7.44. The predicted octanol–water partition coefficient (Wildman–Crippen LogP) is 3.69. The Labute approximate surface area is 89.7 Å². The minimum absolute atomic E-state index is 0.483. The van der Waals surface area contributed by atoms with Crippen LogP contribution < -0.4 is 0 Å². The summed E-state index contributed by atoms with van der Waals surface area (Å²) in [5.41, 5.74) is 0. The van der Waals surface area contributed by atoms with E-state index in [0.29, 0.717) is 14.5 Å². The van der Waals surface area contributed by atoms with E-state index >= 15 is 0 Å². The van der Waals surface area contributed by atoms with Gasteiger partial charge in [0.2, 0.25) is 0 Å². The van der Waals surface area contributed by atoms with Crippen LogP contribution in [0.25, 0.3) is 0 Å². The minimum Gasteiger partial charge on any atom is -0.0916 e. The van der Waals surface area contributed by atoms with Gasteiger partial charge in [0, 0.05) is 19.8 Å². The predicted molar refractivity (Wildman–Crippen MR) is 57.6 cm³/mol. The summed E-state index contributed by atoms with van der Waals surface area (Å²) in [5.74, 6) is 0. The molecule has 56 valence electrons. The third kappa shape index (κ3) is 4.38. The third-order valence-corrected chi connectivity index (χ3v) is 6.81. The summed E-state index contributed by atoms with van der Waals surface area (Å²) < 4.78 is 0. The van der Waals surface area contributed by atoms with Crippen molar-refractivity contribution in [1.82, 2.24) is 0 Å². The summed E-state index contributed by atoms with van der Waals surface area (Å²) in [7, 11) is 0. The van der Waals surface area contributed by atoms with Crippen molar-refractivity contribution in [3.8, 4) is 0 Å². The van der Waals surface area contributed by atoms with Gasteiger partial charge in [-0.05, 0) is 0 Å². The second kappa shape index (κ2) is 5.56. The molecule has 0 N–H and O–H groups in total. The highest BCUT2D eigenvalue weighted by Gasteiger charge is 2.18. The van der Waals surface area contributed by atoms with Crippen molar-refractivity contribution >= 4 is 63.7 Å². The molecule has 3 atom stereocenters. The van der Waals surface area contributed by atoms with E-state index in [9.17, 15) is 0 Å². The van der Waals surface area contributed by atoms with E-state index in [1.807, 2.05) is 0 Å². The highest BCUT2D eigenvalue weighted by atomic mass is 79.9. The molecule has 0 aliphatic heterocycles. The maximum atomic E-state index is 3.54. The molecule has 9 heavy (non-hydrogen) atoms. The van der Waals surface area contributed by atoms with Crippen molar-refractivity contribution in [3.05, 3.63) is 0 Å². The van der Waals surface area contributed by atoms with Gasteiger partial charge >= 0.3 is 0 Å². The topological polar surface area (TPSA) is 0 Å². The first-order valence-corrected chi connectivity index (χ1v) is 6.44. The molecule has 0 aromatic heterocycles. The molecule has 0 aromatic carbocycles. The summed E-state index contributed by atoms with van der Waals surface area (Å²) in [6.45, 7) is 2.12. The fraction of sp³-hybridized carbons (Fsp3) is 1.00. The first-order chi connectivity index (χ1) is 4.09. The van der Waals surface area contributed by atoms with Crippen molar-refractivity contribution in [1.29, 1.82) is 0 Å². The number of alkyl halides is 4. The number of hydrogen-bond acceptors (Lipinski definition) is 0. The van der Waals surface area contributed by atoms with Crippen LogP contribution in [0.4, 0.5) is 0 Å². The van der Waals surface area contributed by atoms with Gasteiger partial charge < -0.3 is 0 Å². The van der Waals surface area contributed by atoms with Crippen LogP contribution in [-0.4, -0.2) is 19.8 Å². The summed E-state index contributed by atoms with van der Waals surface area (Å²) in [6.07, 6.45) is 0. The Morgan fingerprint density at radius 3 is 1.78 bits per heavy atom. The fourth-order valence-corrected chi connectivity index (χ4v) is 2.70. The molecule has 0 bridgehead atoms. The van der Waals surface area contributed by atoms with Gasteiger partial charge in [0.1, 0.15) is 0 Å². The molecule has 0 spiro atoms. The lowest BCUT2D eigenvalue weighted by atomic mass is 10.3. The largest absolute Gasteiger partial charge is 0.0916 e. The van der Waals surface area contributed by atoms with E-state index in [2.05, 4.69) is 70.6 Å². The zero-order valence-electron chi connectivity index (χ0n) is 4.95. The molecule has 0 amide bonds. The first-order valence-electron chi connectivity index (χ1n) is 2.57. The molecule has 0 aromatic rings. The number of halogens is 4. The van der Waals surface area contributed by atoms with E-state index in [0.717, 1.165) is 5.33 Å². The molecule has 0 fully saturated rings. The van der Waals surface area contributed by atoms with Crippen molar-refractivity contribution in [2.75, 3.05) is 5.33 Å². The molecular weight excluding hydrogens is 380 g/mol. The smallest absolute Gasteiger partial charge is 0.0401 e. The molecule has 0 aliphatic rings. The standard InChI is InChI=1S/C5H8Br4/c1-3(7)5(9)4(8)2-6/h3-5H,2H2,1H3/t3-,4+,5-/m0/s1. The van der Waals surface area contributed by atoms with Crippen LogP contribution in [-0.2, 0) is 0 Å². The Morgan fingerprint density at radius 2 is 1.67 bits per heavy atom. The lowest BCUT2D eigenvalue weighted by molar-refractivity contribution is 0.868. The van der Waals surface area contributed by atoms with Gasteiger partial charge in [-0.15, -0.1) is 0 Å². The Bertz CT molecular complexity index is 73.4. The van der Waals surface area contributed by atoms with Crippen LogP contribution in [0.1, 0.15) is 6.92 Å². The molecule has 0 heterocycles. The Kier molecular flexibility index (Phi) is 6.74. The second-order valence-corrected chi connectivity index (χ2v) is 6.12. The van der Waals surface area contributed by atoms with Crippen molar-refractivity contribution in [2.45, 2.75) is 21.4 Å². The molecular formula is C5H8Br4. The highest BCUT2D eigenvalue weighted by molar-refractivity contribution is 9.14. The SMILES string of the molecule is C[C@H](Br)[C@H](Br)[C@H](Br)CBr. The summed E-state index contributed by atoms with van der Waals surface area (Å²) in [5, 5.41) is 0.971. The van der Waals surface area contributed by atoms with Gasteiger partial charge in [-0.2, -0.15) is 0 Å². The quantitative estimate of drug-likeness (QED) is 0.648. The second-order valence-electron chi connectivity index (χ2n) is 1.79. The molecule has 4 heteroatoms. The van der Waals surface area contributed by atoms with Gasteiger partial charge in [-0.1, -0.05) is 70.6 Å². The molecule has 0 unspecified atom stereocenters. The van der Waals surface area contributed by atoms with Crippen molar-refractivity contribution in [3.63, 3.8) is 0 Å². The molecule has 0 aliphatic carbocycles. The van der Waals surface area contributed by atoms with E-state index < -0.39 is 0 Å². The van der Waals surface area contributed by atoms with Crippen molar-refractivity contribution in [2.24, 2.45) is 0 Å². The third-order valence-electron chi connectivity index (χ3n) is 0.932. The molecule has 0 rings (SSSR count). The Morgan fingerprint density at radius 1 is 1.22 bits per heavy atom. The van der Waals surface area contributed by atoms with Gasteiger partial charge in [-0.3, -0.25) is 0 Å². The van der Waals surface area contributed by atoms with E-state index in [-0.39, 0.29) is 0 Å².